The Labute approximate surface area is 476 Å². The molecule has 0 bridgehead atoms. The summed E-state index contributed by atoms with van der Waals surface area (Å²) in [6.07, 6.45) is 77.2. The lowest BCUT2D eigenvalue weighted by atomic mass is 10.0. The third-order valence-electron chi connectivity index (χ3n) is 16.4. The predicted molar refractivity (Wildman–Crippen MR) is 330 cm³/mol. The molecule has 0 aromatic carbocycles. The molecule has 0 amide bonds. The third-order valence-corrected chi connectivity index (χ3v) is 16.4. The average Bonchev–Trinajstić information content (AvgIpc) is 3.42. The molecule has 0 aromatic heterocycles. The van der Waals surface area contributed by atoms with Crippen molar-refractivity contribution in [2.24, 2.45) is 0 Å². The number of ether oxygens (including phenoxy) is 3. The fourth-order valence-electron chi connectivity index (χ4n) is 11.1. The van der Waals surface area contributed by atoms with Gasteiger partial charge < -0.3 is 14.2 Å². The molecule has 0 fully saturated rings. The molecule has 0 heterocycles. The Bertz CT molecular complexity index is 1140. The summed E-state index contributed by atoms with van der Waals surface area (Å²) in [4.78, 5) is 38.3. The molecule has 0 saturated heterocycles. The van der Waals surface area contributed by atoms with E-state index in [1.165, 1.54) is 315 Å². The number of rotatable bonds is 66. The van der Waals surface area contributed by atoms with Crippen LogP contribution in [0, 0.1) is 0 Å². The SMILES string of the molecule is CCCCCCCCCCCCCCCCCCCCCCCCCCCCCCCCCC(=O)OCC(COC(=O)CCCCCCCCCCCCCCC)OC(=O)CCCCCCCCCCCCCCCC. The smallest absolute Gasteiger partial charge is 0.306 e. The number of hydrogen-bond donors (Lipinski definition) is 0. The largest absolute Gasteiger partial charge is 0.462 e. The van der Waals surface area contributed by atoms with Gasteiger partial charge in [-0.3, -0.25) is 14.4 Å². The zero-order valence-corrected chi connectivity index (χ0v) is 52.1. The summed E-state index contributed by atoms with van der Waals surface area (Å²) in [5, 5.41) is 0. The maximum Gasteiger partial charge on any atom is 0.306 e. The minimum atomic E-state index is -0.762. The zero-order valence-electron chi connectivity index (χ0n) is 52.1. The first-order chi connectivity index (χ1) is 37.5. The summed E-state index contributed by atoms with van der Waals surface area (Å²) >= 11 is 0. The molecule has 0 N–H and O–H groups in total. The first kappa shape index (κ1) is 74.4. The van der Waals surface area contributed by atoms with Crippen molar-refractivity contribution < 1.29 is 28.6 Å². The maximum atomic E-state index is 12.9. The molecule has 0 aromatic rings. The first-order valence-corrected chi connectivity index (χ1v) is 35.0. The molecular weight excluding hydrogens is 937 g/mol. The second kappa shape index (κ2) is 65.9. The quantitative estimate of drug-likeness (QED) is 0.0343. The van der Waals surface area contributed by atoms with Crippen LogP contribution in [0.1, 0.15) is 412 Å². The minimum absolute atomic E-state index is 0.0606. The minimum Gasteiger partial charge on any atom is -0.462 e. The summed E-state index contributed by atoms with van der Waals surface area (Å²) in [5.41, 5.74) is 0. The first-order valence-electron chi connectivity index (χ1n) is 35.0. The molecule has 452 valence electrons. The van der Waals surface area contributed by atoms with Crippen molar-refractivity contribution in [2.45, 2.75) is 419 Å². The number of carbonyl (C=O) groups excluding carboxylic acids is 3. The molecule has 76 heavy (non-hydrogen) atoms. The predicted octanol–water partition coefficient (Wildman–Crippen LogP) is 23.8. The molecule has 0 spiro atoms. The van der Waals surface area contributed by atoms with E-state index in [-0.39, 0.29) is 31.1 Å². The Morgan fingerprint density at radius 3 is 0.526 bits per heavy atom. The van der Waals surface area contributed by atoms with Gasteiger partial charge in [0.05, 0.1) is 0 Å². The topological polar surface area (TPSA) is 78.9 Å². The van der Waals surface area contributed by atoms with E-state index in [0.29, 0.717) is 19.3 Å². The molecule has 0 aliphatic rings. The lowest BCUT2D eigenvalue weighted by Crippen LogP contribution is -2.30. The fraction of sp³-hybridized carbons (Fsp3) is 0.957. The molecule has 6 nitrogen and oxygen atoms in total. The summed E-state index contributed by atoms with van der Waals surface area (Å²) < 4.78 is 17.0. The second-order valence-electron chi connectivity index (χ2n) is 24.2. The summed E-state index contributed by atoms with van der Waals surface area (Å²) in [5.74, 6) is -0.825. The van der Waals surface area contributed by atoms with Crippen molar-refractivity contribution in [3.05, 3.63) is 0 Å². The summed E-state index contributed by atoms with van der Waals surface area (Å²) in [7, 11) is 0. The van der Waals surface area contributed by atoms with E-state index < -0.39 is 6.10 Å². The molecular formula is C70H136O6. The van der Waals surface area contributed by atoms with E-state index in [2.05, 4.69) is 20.8 Å². The molecule has 1 atom stereocenters. The average molecular weight is 1070 g/mol. The highest BCUT2D eigenvalue weighted by Crippen LogP contribution is 2.19. The van der Waals surface area contributed by atoms with Crippen LogP contribution < -0.4 is 0 Å². The second-order valence-corrected chi connectivity index (χ2v) is 24.2. The van der Waals surface area contributed by atoms with Crippen molar-refractivity contribution in [2.75, 3.05) is 13.2 Å². The molecule has 0 rings (SSSR count). The van der Waals surface area contributed by atoms with E-state index in [4.69, 9.17) is 14.2 Å². The van der Waals surface area contributed by atoms with E-state index in [1.807, 2.05) is 0 Å². The number of hydrogen-bond acceptors (Lipinski definition) is 6. The van der Waals surface area contributed by atoms with E-state index in [9.17, 15) is 14.4 Å². The van der Waals surface area contributed by atoms with E-state index >= 15 is 0 Å². The molecule has 1 unspecified atom stereocenters. The lowest BCUT2D eigenvalue weighted by Gasteiger charge is -2.18. The van der Waals surface area contributed by atoms with Gasteiger partial charge in [-0.1, -0.05) is 374 Å². The van der Waals surface area contributed by atoms with E-state index in [1.54, 1.807) is 0 Å². The van der Waals surface area contributed by atoms with Gasteiger partial charge in [-0.2, -0.15) is 0 Å². The van der Waals surface area contributed by atoms with Crippen LogP contribution in [-0.2, 0) is 28.6 Å². The summed E-state index contributed by atoms with van der Waals surface area (Å²) in [6, 6.07) is 0. The Kier molecular flexibility index (Phi) is 64.5. The lowest BCUT2D eigenvalue weighted by molar-refractivity contribution is -0.167. The van der Waals surface area contributed by atoms with Crippen molar-refractivity contribution in [1.82, 2.24) is 0 Å². The van der Waals surface area contributed by atoms with Crippen molar-refractivity contribution in [3.8, 4) is 0 Å². The van der Waals surface area contributed by atoms with Gasteiger partial charge in [-0.25, -0.2) is 0 Å². The van der Waals surface area contributed by atoms with Gasteiger partial charge in [0.2, 0.25) is 0 Å². The van der Waals surface area contributed by atoms with Crippen molar-refractivity contribution in [3.63, 3.8) is 0 Å². The Balaban J connectivity index is 4.05. The Hall–Kier alpha value is -1.59. The zero-order chi connectivity index (χ0) is 55.0. The van der Waals surface area contributed by atoms with Crippen LogP contribution in [-0.4, -0.2) is 37.2 Å². The molecule has 0 aliphatic heterocycles. The van der Waals surface area contributed by atoms with Crippen LogP contribution in [0.15, 0.2) is 0 Å². The van der Waals surface area contributed by atoms with Gasteiger partial charge in [0.1, 0.15) is 13.2 Å². The Morgan fingerprint density at radius 1 is 0.211 bits per heavy atom. The van der Waals surface area contributed by atoms with Crippen LogP contribution in [0.25, 0.3) is 0 Å². The maximum absolute atomic E-state index is 12.9. The van der Waals surface area contributed by atoms with Gasteiger partial charge in [-0.05, 0) is 19.3 Å². The van der Waals surface area contributed by atoms with Gasteiger partial charge >= 0.3 is 17.9 Å². The molecule has 0 saturated carbocycles. The van der Waals surface area contributed by atoms with E-state index in [0.717, 1.165) is 57.8 Å². The van der Waals surface area contributed by atoms with Crippen LogP contribution in [0.4, 0.5) is 0 Å². The van der Waals surface area contributed by atoms with Crippen LogP contribution in [0.3, 0.4) is 0 Å². The standard InChI is InChI=1S/C70H136O6/c1-4-7-10-13-16-19-22-25-27-28-29-30-31-32-33-34-35-36-37-38-39-40-41-42-43-46-48-51-54-57-60-63-69(72)75-66-67(65-74-68(71)62-59-56-53-50-47-44-24-21-18-15-12-9-6-3)76-70(73)64-61-58-55-52-49-45-26-23-20-17-14-11-8-5-2/h67H,4-66H2,1-3H3. The third kappa shape index (κ3) is 63.2. The normalized spacial score (nSPS) is 11.9. The number of unbranched alkanes of at least 4 members (excludes halogenated alkanes) is 55. The molecule has 6 heteroatoms. The number of carbonyl (C=O) groups is 3. The highest BCUT2D eigenvalue weighted by molar-refractivity contribution is 5.71. The number of esters is 3. The molecule has 0 radical (unpaired) electrons. The monoisotopic (exact) mass is 1070 g/mol. The van der Waals surface area contributed by atoms with Gasteiger partial charge in [0.25, 0.3) is 0 Å². The van der Waals surface area contributed by atoms with Gasteiger partial charge in [0.15, 0.2) is 6.10 Å². The van der Waals surface area contributed by atoms with Gasteiger partial charge in [0, 0.05) is 19.3 Å². The van der Waals surface area contributed by atoms with Crippen LogP contribution in [0.2, 0.25) is 0 Å². The van der Waals surface area contributed by atoms with Crippen LogP contribution in [0.5, 0.6) is 0 Å². The van der Waals surface area contributed by atoms with Gasteiger partial charge in [-0.15, -0.1) is 0 Å². The highest BCUT2D eigenvalue weighted by atomic mass is 16.6. The summed E-state index contributed by atoms with van der Waals surface area (Å²) in [6.45, 7) is 6.73. The van der Waals surface area contributed by atoms with Crippen molar-refractivity contribution in [1.29, 1.82) is 0 Å². The fourth-order valence-corrected chi connectivity index (χ4v) is 11.1. The van der Waals surface area contributed by atoms with Crippen LogP contribution >= 0.6 is 0 Å². The highest BCUT2D eigenvalue weighted by Gasteiger charge is 2.19. The molecule has 0 aliphatic carbocycles. The van der Waals surface area contributed by atoms with Crippen molar-refractivity contribution >= 4 is 17.9 Å². The Morgan fingerprint density at radius 2 is 0.355 bits per heavy atom.